The minimum Gasteiger partial charge on any atom is -0.394 e. The van der Waals surface area contributed by atoms with E-state index in [-0.39, 0.29) is 20.1 Å². The summed E-state index contributed by atoms with van der Waals surface area (Å²) in [6.07, 6.45) is -0.620. The topological polar surface area (TPSA) is 58.9 Å². The van der Waals surface area contributed by atoms with Gasteiger partial charge < -0.3 is 19.7 Å². The lowest BCUT2D eigenvalue weighted by Gasteiger charge is -2.25. The van der Waals surface area contributed by atoms with E-state index < -0.39 is 17.5 Å². The Labute approximate surface area is 73.5 Å². The Kier molecular flexibility index (Phi) is 2.08. The Bertz CT molecular complexity index is 179. The monoisotopic (exact) mass is 177 g/mol. The van der Waals surface area contributed by atoms with Gasteiger partial charge in [0.05, 0.1) is 13.2 Å². The standard InChI is InChI=1S/C8H16O4/c1-7(2)11-6(4-9)8(3,5-10)12-7/h6,9-10H,4-5H2,1-3H3/t6-,8+/m1/s1/i3D. The average molecular weight is 177 g/mol. The highest BCUT2D eigenvalue weighted by Crippen LogP contribution is 2.35. The van der Waals surface area contributed by atoms with Crippen LogP contribution in [0.3, 0.4) is 0 Å². The Hall–Kier alpha value is -0.160. The number of aliphatic hydroxyl groups is 2. The summed E-state index contributed by atoms with van der Waals surface area (Å²) in [6, 6.07) is 0. The van der Waals surface area contributed by atoms with E-state index in [0.29, 0.717) is 0 Å². The third kappa shape index (κ3) is 1.61. The van der Waals surface area contributed by atoms with Crippen LogP contribution in [0.15, 0.2) is 0 Å². The first-order valence-corrected chi connectivity index (χ1v) is 3.88. The Morgan fingerprint density at radius 3 is 2.50 bits per heavy atom. The average Bonchev–Trinajstić information content (AvgIpc) is 2.37. The molecule has 0 bridgehead atoms. The number of aliphatic hydroxyl groups excluding tert-OH is 2. The Morgan fingerprint density at radius 2 is 2.17 bits per heavy atom. The van der Waals surface area contributed by atoms with Crippen molar-refractivity contribution in [2.45, 2.75) is 38.2 Å². The van der Waals surface area contributed by atoms with Crippen molar-refractivity contribution in [3.8, 4) is 0 Å². The van der Waals surface area contributed by atoms with Crippen LogP contribution in [0.4, 0.5) is 0 Å². The van der Waals surface area contributed by atoms with Crippen LogP contribution in [0.25, 0.3) is 0 Å². The maximum absolute atomic E-state index is 9.11. The van der Waals surface area contributed by atoms with Gasteiger partial charge in [0.25, 0.3) is 0 Å². The fourth-order valence-electron chi connectivity index (χ4n) is 1.37. The smallest absolute Gasteiger partial charge is 0.164 e. The SMILES string of the molecule is [2H]C[C@@]1(CO)OC(C)(C)O[C@@H]1CO. The molecule has 72 valence electrons. The summed E-state index contributed by atoms with van der Waals surface area (Å²) in [5, 5.41) is 18.1. The number of ether oxygens (including phenoxy) is 2. The van der Waals surface area contributed by atoms with E-state index in [9.17, 15) is 0 Å². The molecule has 1 aliphatic heterocycles. The summed E-state index contributed by atoms with van der Waals surface area (Å²) >= 11 is 0. The summed E-state index contributed by atoms with van der Waals surface area (Å²) in [5.74, 6) is -0.836. The normalized spacial score (nSPS) is 41.3. The predicted octanol–water partition coefficient (Wildman–Crippen LogP) is -0.119. The zero-order chi connectivity index (χ0) is 10.1. The van der Waals surface area contributed by atoms with Crippen LogP contribution in [-0.4, -0.2) is 40.9 Å². The van der Waals surface area contributed by atoms with Crippen LogP contribution in [0.5, 0.6) is 0 Å². The fourth-order valence-corrected chi connectivity index (χ4v) is 1.37. The van der Waals surface area contributed by atoms with Crippen molar-refractivity contribution in [1.29, 1.82) is 0 Å². The van der Waals surface area contributed by atoms with E-state index in [0.717, 1.165) is 0 Å². The van der Waals surface area contributed by atoms with Crippen LogP contribution in [0, 0.1) is 0 Å². The fraction of sp³-hybridized carbons (Fsp3) is 1.00. The second kappa shape index (κ2) is 2.96. The third-order valence-corrected chi connectivity index (χ3v) is 1.90. The second-order valence-electron chi connectivity index (χ2n) is 3.51. The summed E-state index contributed by atoms with van der Waals surface area (Å²) in [5.41, 5.74) is -1.07. The van der Waals surface area contributed by atoms with Gasteiger partial charge >= 0.3 is 0 Å². The van der Waals surface area contributed by atoms with Gasteiger partial charge in [0, 0.05) is 1.37 Å². The van der Waals surface area contributed by atoms with Gasteiger partial charge in [0.1, 0.15) is 11.7 Å². The maximum Gasteiger partial charge on any atom is 0.164 e. The van der Waals surface area contributed by atoms with Gasteiger partial charge in [-0.15, -0.1) is 0 Å². The van der Waals surface area contributed by atoms with Crippen molar-refractivity contribution in [3.05, 3.63) is 0 Å². The Balaban J connectivity index is 2.83. The maximum atomic E-state index is 9.11. The van der Waals surface area contributed by atoms with Gasteiger partial charge in [-0.1, -0.05) is 0 Å². The first-order valence-electron chi connectivity index (χ1n) is 4.59. The van der Waals surface area contributed by atoms with Crippen molar-refractivity contribution in [3.63, 3.8) is 0 Å². The highest BCUT2D eigenvalue weighted by molar-refractivity contribution is 4.91. The highest BCUT2D eigenvalue weighted by atomic mass is 16.8. The van der Waals surface area contributed by atoms with Crippen molar-refractivity contribution in [2.24, 2.45) is 0 Å². The van der Waals surface area contributed by atoms with E-state index in [1.54, 1.807) is 13.8 Å². The molecule has 12 heavy (non-hydrogen) atoms. The van der Waals surface area contributed by atoms with Gasteiger partial charge in [-0.2, -0.15) is 0 Å². The zero-order valence-electron chi connectivity index (χ0n) is 8.41. The molecule has 0 spiro atoms. The molecule has 1 saturated heterocycles. The van der Waals surface area contributed by atoms with Gasteiger partial charge in [0.2, 0.25) is 0 Å². The summed E-state index contributed by atoms with van der Waals surface area (Å²) in [7, 11) is 0. The molecule has 2 N–H and O–H groups in total. The molecule has 1 rings (SSSR count). The predicted molar refractivity (Wildman–Crippen MR) is 42.6 cm³/mol. The first-order chi connectivity index (χ1) is 5.99. The van der Waals surface area contributed by atoms with Gasteiger partial charge in [0.15, 0.2) is 5.79 Å². The molecule has 4 nitrogen and oxygen atoms in total. The van der Waals surface area contributed by atoms with Crippen molar-refractivity contribution in [1.82, 2.24) is 0 Å². The van der Waals surface area contributed by atoms with E-state index in [4.69, 9.17) is 21.1 Å². The molecule has 1 heterocycles. The summed E-state index contributed by atoms with van der Waals surface area (Å²) in [4.78, 5) is 0. The molecular weight excluding hydrogens is 160 g/mol. The molecule has 0 aromatic rings. The highest BCUT2D eigenvalue weighted by Gasteiger charge is 2.49. The molecule has 0 aliphatic carbocycles. The molecule has 0 aromatic heterocycles. The van der Waals surface area contributed by atoms with Crippen molar-refractivity contribution < 1.29 is 21.1 Å². The number of rotatable bonds is 2. The van der Waals surface area contributed by atoms with Crippen molar-refractivity contribution in [2.75, 3.05) is 13.2 Å². The molecule has 4 heteroatoms. The molecule has 1 aliphatic rings. The van der Waals surface area contributed by atoms with Gasteiger partial charge in [-0.25, -0.2) is 0 Å². The number of hydrogen-bond acceptors (Lipinski definition) is 4. The first kappa shape index (κ1) is 8.44. The minimum atomic E-state index is -1.07. The molecule has 0 radical (unpaired) electrons. The summed E-state index contributed by atoms with van der Waals surface area (Å²) in [6.45, 7) is 2.71. The van der Waals surface area contributed by atoms with E-state index in [1.807, 2.05) is 0 Å². The zero-order valence-corrected chi connectivity index (χ0v) is 7.41. The second-order valence-corrected chi connectivity index (χ2v) is 3.51. The van der Waals surface area contributed by atoms with Crippen LogP contribution >= 0.6 is 0 Å². The molecule has 0 aromatic carbocycles. The largest absolute Gasteiger partial charge is 0.394 e. The number of hydrogen-bond donors (Lipinski definition) is 2. The van der Waals surface area contributed by atoms with Crippen molar-refractivity contribution >= 4 is 0 Å². The Morgan fingerprint density at radius 1 is 1.50 bits per heavy atom. The lowest BCUT2D eigenvalue weighted by molar-refractivity contribution is -0.167. The van der Waals surface area contributed by atoms with Gasteiger partial charge in [-0.3, -0.25) is 0 Å². The lowest BCUT2D eigenvalue weighted by Crippen LogP contribution is -2.42. The quantitative estimate of drug-likeness (QED) is 0.617. The molecule has 0 amide bonds. The van der Waals surface area contributed by atoms with Crippen LogP contribution in [0.2, 0.25) is 0 Å². The summed E-state index contributed by atoms with van der Waals surface area (Å²) < 4.78 is 18.0. The van der Waals surface area contributed by atoms with Crippen LogP contribution in [-0.2, 0) is 9.47 Å². The molecule has 0 unspecified atom stereocenters. The van der Waals surface area contributed by atoms with E-state index in [1.165, 1.54) is 0 Å². The molecule has 1 fully saturated rings. The van der Waals surface area contributed by atoms with E-state index in [2.05, 4.69) is 0 Å². The molecule has 2 atom stereocenters. The van der Waals surface area contributed by atoms with Crippen LogP contribution < -0.4 is 0 Å². The molecular formula is C8H16O4. The minimum absolute atomic E-state index is 0.127. The molecule has 0 saturated carbocycles. The lowest BCUT2D eigenvalue weighted by atomic mass is 10.0. The van der Waals surface area contributed by atoms with E-state index >= 15 is 0 Å². The van der Waals surface area contributed by atoms with Crippen LogP contribution in [0.1, 0.15) is 22.1 Å². The van der Waals surface area contributed by atoms with Gasteiger partial charge in [-0.05, 0) is 20.7 Å². The third-order valence-electron chi connectivity index (χ3n) is 1.90.